The van der Waals surface area contributed by atoms with E-state index in [1.807, 2.05) is 0 Å². The molecule has 110 valence electrons. The molecule has 0 spiro atoms. The molecule has 20 heavy (non-hydrogen) atoms. The van der Waals surface area contributed by atoms with Gasteiger partial charge in [-0.2, -0.15) is 0 Å². The van der Waals surface area contributed by atoms with Crippen LogP contribution in [0.2, 0.25) is 0 Å². The summed E-state index contributed by atoms with van der Waals surface area (Å²) in [4.78, 5) is 21.8. The Balaban J connectivity index is 0.000000441. The molecule has 0 bridgehead atoms. The smallest absolute Gasteiger partial charge is 0.336 e. The highest BCUT2D eigenvalue weighted by atomic mass is 16.4. The molecule has 0 saturated carbocycles. The predicted octanol–water partition coefficient (Wildman–Crippen LogP) is 1.75. The van der Waals surface area contributed by atoms with E-state index in [4.69, 9.17) is 15.3 Å². The molecule has 0 amide bonds. The third-order valence-corrected chi connectivity index (χ3v) is 2.46. The maximum Gasteiger partial charge on any atom is 0.336 e. The van der Waals surface area contributed by atoms with Gasteiger partial charge in [-0.1, -0.05) is 38.6 Å². The van der Waals surface area contributed by atoms with E-state index in [0.717, 1.165) is 6.08 Å². The van der Waals surface area contributed by atoms with Crippen LogP contribution in [0.1, 0.15) is 34.6 Å². The van der Waals surface area contributed by atoms with Gasteiger partial charge in [0.25, 0.3) is 0 Å². The fraction of sp³-hybridized carbons (Fsp3) is 0.333. The number of carbonyl (C=O) groups is 2. The summed E-state index contributed by atoms with van der Waals surface area (Å²) in [6, 6.07) is 6.04. The van der Waals surface area contributed by atoms with E-state index in [2.05, 4.69) is 6.58 Å². The molecular weight excluding hydrogens is 260 g/mol. The molecule has 0 fully saturated rings. The number of aliphatic hydroxyl groups excluding tert-OH is 2. The minimum absolute atomic E-state index is 0.00685. The number of carbonyl (C=O) groups excluding carboxylic acids is 1. The molecule has 0 heterocycles. The number of benzene rings is 1. The van der Waals surface area contributed by atoms with E-state index in [0.29, 0.717) is 0 Å². The van der Waals surface area contributed by atoms with Crippen molar-refractivity contribution in [2.75, 3.05) is 13.2 Å². The second-order valence-electron chi connectivity index (χ2n) is 4.90. The van der Waals surface area contributed by atoms with E-state index in [1.165, 1.54) is 12.1 Å². The first-order valence-corrected chi connectivity index (χ1v) is 6.00. The topological polar surface area (TPSA) is 94.8 Å². The molecule has 0 aliphatic rings. The van der Waals surface area contributed by atoms with E-state index in [-0.39, 0.29) is 35.5 Å². The van der Waals surface area contributed by atoms with Crippen molar-refractivity contribution in [3.8, 4) is 0 Å². The largest absolute Gasteiger partial charge is 0.478 e. The average Bonchev–Trinajstić information content (AvgIpc) is 2.47. The van der Waals surface area contributed by atoms with Crippen molar-refractivity contribution in [2.45, 2.75) is 13.8 Å². The Morgan fingerprint density at radius 3 is 1.90 bits per heavy atom. The molecule has 1 aromatic rings. The number of aliphatic hydroxyl groups is 2. The van der Waals surface area contributed by atoms with Gasteiger partial charge in [-0.15, -0.1) is 0 Å². The molecule has 0 unspecified atom stereocenters. The Morgan fingerprint density at radius 2 is 1.60 bits per heavy atom. The first kappa shape index (κ1) is 18.0. The van der Waals surface area contributed by atoms with Crippen LogP contribution in [0.5, 0.6) is 0 Å². The van der Waals surface area contributed by atoms with Crippen LogP contribution in [0.25, 0.3) is 0 Å². The summed E-state index contributed by atoms with van der Waals surface area (Å²) in [6.45, 7) is 6.98. The summed E-state index contributed by atoms with van der Waals surface area (Å²) in [5, 5.41) is 25.6. The lowest BCUT2D eigenvalue weighted by Gasteiger charge is -2.16. The Bertz CT molecular complexity index is 471. The van der Waals surface area contributed by atoms with Gasteiger partial charge in [-0.3, -0.25) is 4.79 Å². The van der Waals surface area contributed by atoms with Crippen LogP contribution in [0.4, 0.5) is 0 Å². The van der Waals surface area contributed by atoms with Crippen molar-refractivity contribution in [1.29, 1.82) is 0 Å². The Morgan fingerprint density at radius 1 is 1.15 bits per heavy atom. The van der Waals surface area contributed by atoms with Crippen molar-refractivity contribution >= 4 is 11.8 Å². The van der Waals surface area contributed by atoms with Crippen molar-refractivity contribution in [1.82, 2.24) is 0 Å². The molecule has 0 aliphatic heterocycles. The van der Waals surface area contributed by atoms with Gasteiger partial charge in [0.2, 0.25) is 0 Å². The number of hydrogen-bond acceptors (Lipinski definition) is 4. The van der Waals surface area contributed by atoms with Crippen molar-refractivity contribution in [3.63, 3.8) is 0 Å². The maximum atomic E-state index is 11.2. The highest BCUT2D eigenvalue weighted by molar-refractivity contribution is 6.10. The highest BCUT2D eigenvalue weighted by Crippen LogP contribution is 2.10. The van der Waals surface area contributed by atoms with Gasteiger partial charge in [0.15, 0.2) is 5.78 Å². The Hall–Kier alpha value is -1.98. The number of allylic oxidation sites excluding steroid dienone is 1. The molecule has 5 heteroatoms. The lowest BCUT2D eigenvalue weighted by Crippen LogP contribution is -2.20. The fourth-order valence-corrected chi connectivity index (χ4v) is 1.04. The summed E-state index contributed by atoms with van der Waals surface area (Å²) in [6.07, 6.45) is 1.10. The van der Waals surface area contributed by atoms with Crippen molar-refractivity contribution in [3.05, 3.63) is 48.0 Å². The van der Waals surface area contributed by atoms with Gasteiger partial charge in [0.1, 0.15) is 0 Å². The second-order valence-corrected chi connectivity index (χ2v) is 4.90. The van der Waals surface area contributed by atoms with Crippen LogP contribution >= 0.6 is 0 Å². The predicted molar refractivity (Wildman–Crippen MR) is 75.9 cm³/mol. The van der Waals surface area contributed by atoms with E-state index >= 15 is 0 Å². The molecule has 0 aromatic heterocycles. The minimum Gasteiger partial charge on any atom is -0.478 e. The van der Waals surface area contributed by atoms with Crippen LogP contribution in [0, 0.1) is 5.41 Å². The fourth-order valence-electron chi connectivity index (χ4n) is 1.04. The van der Waals surface area contributed by atoms with E-state index in [1.54, 1.807) is 26.0 Å². The third-order valence-electron chi connectivity index (χ3n) is 2.46. The number of ketones is 1. The van der Waals surface area contributed by atoms with Crippen LogP contribution in [0.3, 0.4) is 0 Å². The maximum absolute atomic E-state index is 11.2. The summed E-state index contributed by atoms with van der Waals surface area (Å²) in [5.74, 6) is -1.48. The molecule has 0 radical (unpaired) electrons. The molecule has 1 rings (SSSR count). The van der Waals surface area contributed by atoms with Crippen molar-refractivity contribution < 1.29 is 24.9 Å². The monoisotopic (exact) mass is 280 g/mol. The van der Waals surface area contributed by atoms with Crippen molar-refractivity contribution in [2.24, 2.45) is 5.41 Å². The van der Waals surface area contributed by atoms with Gasteiger partial charge in [-0.05, 0) is 12.1 Å². The van der Waals surface area contributed by atoms with Gasteiger partial charge in [0.05, 0.1) is 18.8 Å². The number of carboxylic acid groups (broad SMARTS) is 1. The van der Waals surface area contributed by atoms with Gasteiger partial charge < -0.3 is 15.3 Å². The zero-order chi connectivity index (χ0) is 15.8. The molecule has 0 atom stereocenters. The summed E-state index contributed by atoms with van der Waals surface area (Å²) in [5.41, 5.74) is -0.127. The zero-order valence-corrected chi connectivity index (χ0v) is 11.7. The van der Waals surface area contributed by atoms with Crippen LogP contribution in [-0.2, 0) is 0 Å². The number of rotatable bonds is 5. The lowest BCUT2D eigenvalue weighted by atomic mass is 9.97. The molecule has 5 nitrogen and oxygen atoms in total. The number of carboxylic acids is 1. The van der Waals surface area contributed by atoms with Gasteiger partial charge in [0, 0.05) is 11.0 Å². The average molecular weight is 280 g/mol. The molecule has 1 aromatic carbocycles. The molecular formula is C15H20O5. The molecule has 0 aliphatic carbocycles. The normalized spacial score (nSPS) is 10.2. The van der Waals surface area contributed by atoms with Gasteiger partial charge in [-0.25, -0.2) is 4.79 Å². The number of hydrogen-bond donors (Lipinski definition) is 3. The Labute approximate surface area is 118 Å². The van der Waals surface area contributed by atoms with Crippen LogP contribution in [-0.4, -0.2) is 40.3 Å². The van der Waals surface area contributed by atoms with E-state index in [9.17, 15) is 9.59 Å². The minimum atomic E-state index is -1.11. The van der Waals surface area contributed by atoms with Crippen LogP contribution < -0.4 is 0 Å². The third kappa shape index (κ3) is 5.77. The zero-order valence-electron chi connectivity index (χ0n) is 11.7. The molecule has 3 N–H and O–H groups in total. The quantitative estimate of drug-likeness (QED) is 0.564. The Kier molecular flexibility index (Phi) is 7.43. The highest BCUT2D eigenvalue weighted by Gasteiger charge is 2.13. The molecule has 0 saturated heterocycles. The summed E-state index contributed by atoms with van der Waals surface area (Å²) >= 11 is 0. The van der Waals surface area contributed by atoms with Gasteiger partial charge >= 0.3 is 5.97 Å². The summed E-state index contributed by atoms with van der Waals surface area (Å²) < 4.78 is 0. The van der Waals surface area contributed by atoms with E-state index < -0.39 is 5.97 Å². The SMILES string of the molecule is C=CC(=O)c1ccccc1C(=O)O.CC(C)(CO)CO. The lowest BCUT2D eigenvalue weighted by molar-refractivity contribution is 0.0693. The first-order valence-electron chi connectivity index (χ1n) is 6.00. The second kappa shape index (κ2) is 8.24. The van der Waals surface area contributed by atoms with Crippen LogP contribution in [0.15, 0.2) is 36.9 Å². The first-order chi connectivity index (χ1) is 9.29. The standard InChI is InChI=1S/C10H8O3.C5H12O2/c1-2-9(11)7-5-3-4-6-8(7)10(12)13;1-5(2,3-6)4-7/h2-6H,1H2,(H,12,13);6-7H,3-4H2,1-2H3. The summed E-state index contributed by atoms with van der Waals surface area (Å²) in [7, 11) is 0. The number of aromatic carboxylic acids is 1.